The normalized spacial score (nSPS) is 16.8. The lowest BCUT2D eigenvalue weighted by Crippen LogP contribution is -2.38. The van der Waals surface area contributed by atoms with Crippen LogP contribution in [0.4, 0.5) is 0 Å². The Kier molecular flexibility index (Phi) is 4.15. The molecule has 2 heterocycles. The average Bonchev–Trinajstić information content (AvgIpc) is 2.89. The molecule has 20 heavy (non-hydrogen) atoms. The zero-order valence-electron chi connectivity index (χ0n) is 10.8. The molecule has 3 nitrogen and oxygen atoms in total. The quantitative estimate of drug-likeness (QED) is 0.783. The lowest BCUT2D eigenvalue weighted by atomic mass is 9.97. The highest BCUT2D eigenvalue weighted by Gasteiger charge is 2.25. The summed E-state index contributed by atoms with van der Waals surface area (Å²) in [5, 5.41) is 1.90. The molecule has 1 aromatic carbocycles. The number of alkyl halides is 1. The summed E-state index contributed by atoms with van der Waals surface area (Å²) in [4.78, 5) is 18.1. The van der Waals surface area contributed by atoms with E-state index in [1.165, 1.54) is 0 Å². The molecule has 0 bridgehead atoms. The molecule has 0 N–H and O–H groups in total. The molecule has 1 saturated heterocycles. The maximum atomic E-state index is 11.6. The molecule has 1 aliphatic heterocycles. The number of halogens is 2. The summed E-state index contributed by atoms with van der Waals surface area (Å²) in [7, 11) is 0. The Morgan fingerprint density at radius 2 is 2.15 bits per heavy atom. The highest BCUT2D eigenvalue weighted by Crippen LogP contribution is 2.34. The van der Waals surface area contributed by atoms with Gasteiger partial charge in [0.2, 0.25) is 5.91 Å². The van der Waals surface area contributed by atoms with Crippen molar-refractivity contribution in [3.8, 4) is 0 Å². The minimum absolute atomic E-state index is 0.0289. The Labute approximate surface area is 131 Å². The van der Waals surface area contributed by atoms with Gasteiger partial charge in [-0.25, -0.2) is 4.98 Å². The SMILES string of the molecule is O=C(CCl)N1CCC(c2nc3ccc(Cl)cc3s2)CC1. The maximum absolute atomic E-state index is 11.6. The first-order chi connectivity index (χ1) is 9.67. The number of rotatable bonds is 2. The Hall–Kier alpha value is -0.840. The lowest BCUT2D eigenvalue weighted by Gasteiger charge is -2.30. The van der Waals surface area contributed by atoms with Crippen molar-refractivity contribution in [2.75, 3.05) is 19.0 Å². The fourth-order valence-electron chi connectivity index (χ4n) is 2.55. The third-order valence-corrected chi connectivity index (χ3v) is 5.32. The molecule has 0 radical (unpaired) electrons. The number of fused-ring (bicyclic) bond motifs is 1. The van der Waals surface area contributed by atoms with E-state index in [-0.39, 0.29) is 11.8 Å². The van der Waals surface area contributed by atoms with E-state index >= 15 is 0 Å². The second-order valence-electron chi connectivity index (χ2n) is 4.95. The number of aromatic nitrogens is 1. The van der Waals surface area contributed by atoms with Crippen LogP contribution in [0.5, 0.6) is 0 Å². The monoisotopic (exact) mass is 328 g/mol. The molecule has 1 fully saturated rings. The van der Waals surface area contributed by atoms with E-state index in [9.17, 15) is 4.79 Å². The van der Waals surface area contributed by atoms with Gasteiger partial charge in [0.05, 0.1) is 15.2 Å². The Bertz CT molecular complexity index is 635. The van der Waals surface area contributed by atoms with E-state index in [0.717, 1.165) is 46.2 Å². The molecule has 0 aliphatic carbocycles. The molecule has 6 heteroatoms. The minimum Gasteiger partial charge on any atom is -0.342 e. The van der Waals surface area contributed by atoms with Gasteiger partial charge < -0.3 is 4.90 Å². The smallest absolute Gasteiger partial charge is 0.237 e. The first kappa shape index (κ1) is 14.1. The van der Waals surface area contributed by atoms with Gasteiger partial charge in [0.15, 0.2) is 0 Å². The zero-order chi connectivity index (χ0) is 14.1. The van der Waals surface area contributed by atoms with Crippen LogP contribution in [-0.4, -0.2) is 34.8 Å². The van der Waals surface area contributed by atoms with E-state index in [1.54, 1.807) is 11.3 Å². The van der Waals surface area contributed by atoms with Crippen LogP contribution in [0.3, 0.4) is 0 Å². The molecule has 0 spiro atoms. The molecule has 1 aliphatic rings. The predicted octanol–water partition coefficient (Wildman–Crippen LogP) is 3.89. The lowest BCUT2D eigenvalue weighted by molar-refractivity contribution is -0.129. The molecular weight excluding hydrogens is 315 g/mol. The van der Waals surface area contributed by atoms with Crippen molar-refractivity contribution < 1.29 is 4.79 Å². The summed E-state index contributed by atoms with van der Waals surface area (Å²) >= 11 is 13.3. The zero-order valence-corrected chi connectivity index (χ0v) is 13.1. The number of nitrogens with zero attached hydrogens (tertiary/aromatic N) is 2. The van der Waals surface area contributed by atoms with Crippen molar-refractivity contribution in [3.63, 3.8) is 0 Å². The molecule has 0 atom stereocenters. The number of carbonyl (C=O) groups excluding carboxylic acids is 1. The molecule has 1 aromatic heterocycles. The van der Waals surface area contributed by atoms with Gasteiger partial charge in [-0.2, -0.15) is 0 Å². The van der Waals surface area contributed by atoms with Gasteiger partial charge in [-0.1, -0.05) is 11.6 Å². The molecule has 1 amide bonds. The third kappa shape index (κ3) is 2.78. The van der Waals surface area contributed by atoms with Crippen molar-refractivity contribution in [2.24, 2.45) is 0 Å². The summed E-state index contributed by atoms with van der Waals surface area (Å²) in [5.41, 5.74) is 1.01. The second kappa shape index (κ2) is 5.88. The van der Waals surface area contributed by atoms with Gasteiger partial charge in [-0.15, -0.1) is 22.9 Å². The van der Waals surface area contributed by atoms with E-state index in [0.29, 0.717) is 5.92 Å². The molecule has 2 aromatic rings. The van der Waals surface area contributed by atoms with Gasteiger partial charge in [-0.05, 0) is 31.0 Å². The van der Waals surface area contributed by atoms with Gasteiger partial charge in [-0.3, -0.25) is 4.79 Å². The maximum Gasteiger partial charge on any atom is 0.237 e. The van der Waals surface area contributed by atoms with Crippen LogP contribution < -0.4 is 0 Å². The summed E-state index contributed by atoms with van der Waals surface area (Å²) in [6.07, 6.45) is 1.91. The number of thiazole rings is 1. The molecule has 0 saturated carbocycles. The first-order valence-corrected chi connectivity index (χ1v) is 8.30. The Morgan fingerprint density at radius 3 is 2.85 bits per heavy atom. The highest BCUT2D eigenvalue weighted by atomic mass is 35.5. The number of hydrogen-bond acceptors (Lipinski definition) is 3. The Morgan fingerprint density at radius 1 is 1.40 bits per heavy atom. The summed E-state index contributed by atoms with van der Waals surface area (Å²) in [6.45, 7) is 1.54. The van der Waals surface area contributed by atoms with Crippen LogP contribution in [-0.2, 0) is 4.79 Å². The second-order valence-corrected chi connectivity index (χ2v) is 6.72. The van der Waals surface area contributed by atoms with Crippen molar-refractivity contribution >= 4 is 50.7 Å². The van der Waals surface area contributed by atoms with Crippen LogP contribution in [0.1, 0.15) is 23.8 Å². The van der Waals surface area contributed by atoms with E-state index in [1.807, 2.05) is 23.1 Å². The van der Waals surface area contributed by atoms with E-state index in [2.05, 4.69) is 0 Å². The van der Waals surface area contributed by atoms with Gasteiger partial charge in [0, 0.05) is 24.0 Å². The van der Waals surface area contributed by atoms with Crippen LogP contribution in [0.25, 0.3) is 10.2 Å². The van der Waals surface area contributed by atoms with Crippen LogP contribution in [0.15, 0.2) is 18.2 Å². The molecule has 106 valence electrons. The molecular formula is C14H14Cl2N2OS. The number of likely N-dealkylation sites (tertiary alicyclic amines) is 1. The van der Waals surface area contributed by atoms with Crippen LogP contribution in [0, 0.1) is 0 Å². The Balaban J connectivity index is 1.75. The number of piperidine rings is 1. The predicted molar refractivity (Wildman–Crippen MR) is 83.9 cm³/mol. The average molecular weight is 329 g/mol. The van der Waals surface area contributed by atoms with Crippen molar-refractivity contribution in [1.29, 1.82) is 0 Å². The first-order valence-electron chi connectivity index (χ1n) is 6.57. The van der Waals surface area contributed by atoms with Crippen molar-refractivity contribution in [1.82, 2.24) is 9.88 Å². The minimum atomic E-state index is 0.0289. The summed E-state index contributed by atoms with van der Waals surface area (Å²) in [6, 6.07) is 5.79. The van der Waals surface area contributed by atoms with Gasteiger partial charge in [0.1, 0.15) is 5.88 Å². The highest BCUT2D eigenvalue weighted by molar-refractivity contribution is 7.18. The standard InChI is InChI=1S/C14H14Cl2N2OS/c15-8-13(19)18-5-3-9(4-6-18)14-17-11-2-1-10(16)7-12(11)20-14/h1-2,7,9H,3-6,8H2. The van der Waals surface area contributed by atoms with Gasteiger partial charge in [0.25, 0.3) is 0 Å². The molecule has 0 unspecified atom stereocenters. The van der Waals surface area contributed by atoms with E-state index in [4.69, 9.17) is 28.2 Å². The number of carbonyl (C=O) groups is 1. The number of amides is 1. The fraction of sp³-hybridized carbons (Fsp3) is 0.429. The fourth-order valence-corrected chi connectivity index (χ4v) is 4.13. The largest absolute Gasteiger partial charge is 0.342 e. The molecule has 3 rings (SSSR count). The number of hydrogen-bond donors (Lipinski definition) is 0. The van der Waals surface area contributed by atoms with Gasteiger partial charge >= 0.3 is 0 Å². The summed E-state index contributed by atoms with van der Waals surface area (Å²) in [5.74, 6) is 0.538. The van der Waals surface area contributed by atoms with Crippen molar-refractivity contribution in [2.45, 2.75) is 18.8 Å². The van der Waals surface area contributed by atoms with E-state index < -0.39 is 0 Å². The third-order valence-electron chi connectivity index (χ3n) is 3.68. The number of benzene rings is 1. The van der Waals surface area contributed by atoms with Crippen LogP contribution in [0.2, 0.25) is 5.02 Å². The van der Waals surface area contributed by atoms with Crippen LogP contribution >= 0.6 is 34.5 Å². The topological polar surface area (TPSA) is 33.2 Å². The van der Waals surface area contributed by atoms with Crippen molar-refractivity contribution in [3.05, 3.63) is 28.2 Å². The summed E-state index contributed by atoms with van der Waals surface area (Å²) < 4.78 is 1.13.